The summed E-state index contributed by atoms with van der Waals surface area (Å²) >= 11 is 0. The van der Waals surface area contributed by atoms with E-state index >= 15 is 0 Å². The lowest BCUT2D eigenvalue weighted by atomic mass is 9.84. The smallest absolute Gasteiger partial charge is 0.292 e. The molecular weight excluding hydrogens is 220 g/mol. The number of hydrogen-bond donors (Lipinski definition) is 0. The summed E-state index contributed by atoms with van der Waals surface area (Å²) < 4.78 is 5.11. The van der Waals surface area contributed by atoms with Gasteiger partial charge in [-0.2, -0.15) is 0 Å². The van der Waals surface area contributed by atoms with E-state index in [0.717, 1.165) is 13.1 Å². The number of ether oxygens (including phenoxy) is 1. The van der Waals surface area contributed by atoms with Crippen molar-refractivity contribution in [2.24, 2.45) is 5.41 Å². The minimum absolute atomic E-state index is 0.140. The van der Waals surface area contributed by atoms with Crippen molar-refractivity contribution < 1.29 is 9.66 Å². The van der Waals surface area contributed by atoms with Gasteiger partial charge in [0.05, 0.1) is 12.0 Å². The SMILES string of the molecule is COc1ccc([N+](=O)[O-])c(N2CC(C)(C)C2)c1. The molecule has 1 fully saturated rings. The predicted molar refractivity (Wildman–Crippen MR) is 65.6 cm³/mol. The first-order chi connectivity index (χ1) is 7.93. The summed E-state index contributed by atoms with van der Waals surface area (Å²) in [6, 6.07) is 4.85. The second kappa shape index (κ2) is 3.91. The Hall–Kier alpha value is -1.78. The molecule has 0 saturated carbocycles. The van der Waals surface area contributed by atoms with E-state index in [4.69, 9.17) is 4.74 Å². The minimum Gasteiger partial charge on any atom is -0.497 e. The van der Waals surface area contributed by atoms with Gasteiger partial charge in [0, 0.05) is 25.2 Å². The molecule has 0 atom stereocenters. The van der Waals surface area contributed by atoms with Crippen LogP contribution in [-0.2, 0) is 0 Å². The zero-order valence-electron chi connectivity index (χ0n) is 10.3. The van der Waals surface area contributed by atoms with Crippen LogP contribution in [0.2, 0.25) is 0 Å². The van der Waals surface area contributed by atoms with E-state index in [9.17, 15) is 10.1 Å². The molecular formula is C12H16N2O3. The fourth-order valence-corrected chi connectivity index (χ4v) is 2.20. The molecule has 1 aromatic carbocycles. The third-order valence-electron chi connectivity index (χ3n) is 2.96. The van der Waals surface area contributed by atoms with E-state index in [-0.39, 0.29) is 16.0 Å². The van der Waals surface area contributed by atoms with Gasteiger partial charge in [-0.15, -0.1) is 0 Å². The molecule has 0 aromatic heterocycles. The third-order valence-corrected chi connectivity index (χ3v) is 2.96. The van der Waals surface area contributed by atoms with Crippen LogP contribution in [0.15, 0.2) is 18.2 Å². The van der Waals surface area contributed by atoms with E-state index in [1.54, 1.807) is 19.2 Å². The molecule has 5 heteroatoms. The molecule has 0 spiro atoms. The summed E-state index contributed by atoms with van der Waals surface area (Å²) in [5.74, 6) is 0.648. The van der Waals surface area contributed by atoms with Gasteiger partial charge < -0.3 is 9.64 Å². The largest absolute Gasteiger partial charge is 0.497 e. The highest BCUT2D eigenvalue weighted by atomic mass is 16.6. The molecule has 1 heterocycles. The summed E-state index contributed by atoms with van der Waals surface area (Å²) in [6.45, 7) is 5.97. The zero-order chi connectivity index (χ0) is 12.6. The number of nitro benzene ring substituents is 1. The van der Waals surface area contributed by atoms with E-state index in [1.165, 1.54) is 6.07 Å². The number of anilines is 1. The molecule has 1 saturated heterocycles. The molecule has 0 N–H and O–H groups in total. The van der Waals surface area contributed by atoms with Crippen LogP contribution in [-0.4, -0.2) is 25.1 Å². The number of nitro groups is 1. The summed E-state index contributed by atoms with van der Waals surface area (Å²) in [4.78, 5) is 12.6. The van der Waals surface area contributed by atoms with Gasteiger partial charge in [0.1, 0.15) is 11.4 Å². The van der Waals surface area contributed by atoms with Gasteiger partial charge in [-0.1, -0.05) is 13.8 Å². The molecule has 2 rings (SSSR count). The Morgan fingerprint density at radius 2 is 2.06 bits per heavy atom. The van der Waals surface area contributed by atoms with Gasteiger partial charge in [-0.3, -0.25) is 10.1 Å². The Labute approximate surface area is 100 Å². The quantitative estimate of drug-likeness (QED) is 0.597. The molecule has 0 aliphatic carbocycles. The fraction of sp³-hybridized carbons (Fsp3) is 0.500. The van der Waals surface area contributed by atoms with Crippen LogP contribution < -0.4 is 9.64 Å². The second-order valence-corrected chi connectivity index (χ2v) is 5.13. The molecule has 5 nitrogen and oxygen atoms in total. The first-order valence-corrected chi connectivity index (χ1v) is 5.50. The van der Waals surface area contributed by atoms with Crippen molar-refractivity contribution in [3.8, 4) is 5.75 Å². The monoisotopic (exact) mass is 236 g/mol. The van der Waals surface area contributed by atoms with Crippen molar-refractivity contribution in [3.63, 3.8) is 0 Å². The average molecular weight is 236 g/mol. The lowest BCUT2D eigenvalue weighted by molar-refractivity contribution is -0.384. The van der Waals surface area contributed by atoms with Crippen LogP contribution >= 0.6 is 0 Å². The Bertz CT molecular complexity index is 449. The van der Waals surface area contributed by atoms with Crippen molar-refractivity contribution in [2.45, 2.75) is 13.8 Å². The Balaban J connectivity index is 2.33. The maximum Gasteiger partial charge on any atom is 0.292 e. The molecule has 1 aliphatic heterocycles. The van der Waals surface area contributed by atoms with Gasteiger partial charge in [-0.25, -0.2) is 0 Å². The van der Waals surface area contributed by atoms with Gasteiger partial charge in [0.25, 0.3) is 5.69 Å². The number of nitrogens with zero attached hydrogens (tertiary/aromatic N) is 2. The molecule has 92 valence electrons. The fourth-order valence-electron chi connectivity index (χ4n) is 2.20. The van der Waals surface area contributed by atoms with Crippen molar-refractivity contribution in [2.75, 3.05) is 25.1 Å². The summed E-state index contributed by atoms with van der Waals surface area (Å²) in [7, 11) is 1.56. The molecule has 1 aromatic rings. The van der Waals surface area contributed by atoms with Crippen molar-refractivity contribution in [1.82, 2.24) is 0 Å². The standard InChI is InChI=1S/C12H16N2O3/c1-12(2)7-13(8-12)11-6-9(17-3)4-5-10(11)14(15)16/h4-6H,7-8H2,1-3H3. The maximum absolute atomic E-state index is 11.0. The molecule has 0 amide bonds. The van der Waals surface area contributed by atoms with Crippen LogP contribution in [0.1, 0.15) is 13.8 Å². The summed E-state index contributed by atoms with van der Waals surface area (Å²) in [6.07, 6.45) is 0. The number of methoxy groups -OCH3 is 1. The zero-order valence-corrected chi connectivity index (χ0v) is 10.3. The van der Waals surface area contributed by atoms with Crippen LogP contribution in [0.25, 0.3) is 0 Å². The van der Waals surface area contributed by atoms with Crippen LogP contribution in [0.4, 0.5) is 11.4 Å². The highest BCUT2D eigenvalue weighted by molar-refractivity contribution is 5.67. The van der Waals surface area contributed by atoms with E-state index in [0.29, 0.717) is 11.4 Å². The van der Waals surface area contributed by atoms with Gasteiger partial charge in [-0.05, 0) is 11.5 Å². The van der Waals surface area contributed by atoms with E-state index in [1.807, 2.05) is 4.90 Å². The second-order valence-electron chi connectivity index (χ2n) is 5.13. The van der Waals surface area contributed by atoms with Crippen molar-refractivity contribution in [1.29, 1.82) is 0 Å². The molecule has 0 radical (unpaired) electrons. The van der Waals surface area contributed by atoms with Gasteiger partial charge >= 0.3 is 0 Å². The number of rotatable bonds is 3. The lowest BCUT2D eigenvalue weighted by Gasteiger charge is -2.47. The Kier molecular flexibility index (Phi) is 2.69. The molecule has 17 heavy (non-hydrogen) atoms. The molecule has 0 unspecified atom stereocenters. The van der Waals surface area contributed by atoms with Gasteiger partial charge in [0.2, 0.25) is 0 Å². The molecule has 0 bridgehead atoms. The lowest BCUT2D eigenvalue weighted by Crippen LogP contribution is -2.53. The highest BCUT2D eigenvalue weighted by Gasteiger charge is 2.37. The first kappa shape index (κ1) is 11.7. The van der Waals surface area contributed by atoms with E-state index < -0.39 is 0 Å². The number of benzene rings is 1. The summed E-state index contributed by atoms with van der Waals surface area (Å²) in [5, 5.41) is 11.0. The number of hydrogen-bond acceptors (Lipinski definition) is 4. The first-order valence-electron chi connectivity index (χ1n) is 5.50. The third kappa shape index (κ3) is 2.18. The normalized spacial score (nSPS) is 17.5. The predicted octanol–water partition coefficient (Wildman–Crippen LogP) is 2.45. The van der Waals surface area contributed by atoms with Crippen molar-refractivity contribution >= 4 is 11.4 Å². The maximum atomic E-state index is 11.0. The van der Waals surface area contributed by atoms with Crippen molar-refractivity contribution in [3.05, 3.63) is 28.3 Å². The van der Waals surface area contributed by atoms with Crippen LogP contribution in [0, 0.1) is 15.5 Å². The Morgan fingerprint density at radius 1 is 1.41 bits per heavy atom. The van der Waals surface area contributed by atoms with Crippen LogP contribution in [0.3, 0.4) is 0 Å². The minimum atomic E-state index is -0.347. The van der Waals surface area contributed by atoms with E-state index in [2.05, 4.69) is 13.8 Å². The summed E-state index contributed by atoms with van der Waals surface area (Å²) in [5.41, 5.74) is 1.02. The topological polar surface area (TPSA) is 55.6 Å². The van der Waals surface area contributed by atoms with Gasteiger partial charge in [0.15, 0.2) is 0 Å². The Morgan fingerprint density at radius 3 is 2.53 bits per heavy atom. The highest BCUT2D eigenvalue weighted by Crippen LogP contribution is 2.39. The molecule has 1 aliphatic rings. The van der Waals surface area contributed by atoms with Crippen LogP contribution in [0.5, 0.6) is 5.75 Å². The average Bonchev–Trinajstić information content (AvgIpc) is 2.24.